The number of aliphatic hydroxyl groups is 3. The minimum absolute atomic E-state index is 0.0854. The lowest BCUT2D eigenvalue weighted by molar-refractivity contribution is -0.273. The van der Waals surface area contributed by atoms with Crippen molar-refractivity contribution in [2.75, 3.05) is 20.8 Å². The number of aliphatic hydroxyl groups excluding tert-OH is 3. The SMILES string of the molecule is COc1ccc(CO[C@@H]2O[C@@H](CO)[C@@H](O)[C@@H](O)[C@@H]2NC(C)=O)cc1OC. The largest absolute Gasteiger partial charge is 0.493 e. The molecule has 5 atom stereocenters. The van der Waals surface area contributed by atoms with Gasteiger partial charge in [0.2, 0.25) is 5.91 Å². The van der Waals surface area contributed by atoms with Crippen molar-refractivity contribution in [3.8, 4) is 11.5 Å². The van der Waals surface area contributed by atoms with Gasteiger partial charge in [0.15, 0.2) is 17.8 Å². The highest BCUT2D eigenvalue weighted by Gasteiger charge is 2.45. The van der Waals surface area contributed by atoms with Gasteiger partial charge in [0, 0.05) is 6.92 Å². The molecule has 0 saturated carbocycles. The number of hydrogen-bond acceptors (Lipinski definition) is 8. The number of nitrogens with one attached hydrogen (secondary N) is 1. The third-order valence-corrected chi connectivity index (χ3v) is 4.11. The average molecular weight is 371 g/mol. The molecule has 0 radical (unpaired) electrons. The summed E-state index contributed by atoms with van der Waals surface area (Å²) in [5.41, 5.74) is 0.744. The van der Waals surface area contributed by atoms with E-state index in [0.717, 1.165) is 5.56 Å². The third-order valence-electron chi connectivity index (χ3n) is 4.11. The molecule has 0 aromatic heterocycles. The summed E-state index contributed by atoms with van der Waals surface area (Å²) in [7, 11) is 3.05. The highest BCUT2D eigenvalue weighted by Crippen LogP contribution is 2.29. The molecular formula is C17H25NO8. The normalized spacial score (nSPS) is 28.5. The van der Waals surface area contributed by atoms with Gasteiger partial charge in [-0.2, -0.15) is 0 Å². The molecule has 9 heteroatoms. The van der Waals surface area contributed by atoms with E-state index in [1.54, 1.807) is 18.2 Å². The van der Waals surface area contributed by atoms with E-state index < -0.39 is 43.2 Å². The van der Waals surface area contributed by atoms with E-state index in [4.69, 9.17) is 18.9 Å². The zero-order chi connectivity index (χ0) is 19.3. The first-order valence-corrected chi connectivity index (χ1v) is 8.13. The molecule has 0 aliphatic carbocycles. The minimum atomic E-state index is -1.35. The second-order valence-corrected chi connectivity index (χ2v) is 5.93. The molecule has 146 valence electrons. The molecule has 1 aliphatic rings. The summed E-state index contributed by atoms with van der Waals surface area (Å²) >= 11 is 0. The first kappa shape index (κ1) is 20.4. The maximum Gasteiger partial charge on any atom is 0.217 e. The lowest BCUT2D eigenvalue weighted by atomic mass is 9.97. The number of carbonyl (C=O) groups excluding carboxylic acids is 1. The predicted molar refractivity (Wildman–Crippen MR) is 89.7 cm³/mol. The van der Waals surface area contributed by atoms with Gasteiger partial charge in [-0.3, -0.25) is 4.79 Å². The van der Waals surface area contributed by atoms with E-state index in [1.165, 1.54) is 21.1 Å². The first-order valence-electron chi connectivity index (χ1n) is 8.13. The second kappa shape index (κ2) is 9.15. The topological polar surface area (TPSA) is 127 Å². The fourth-order valence-electron chi connectivity index (χ4n) is 2.76. The quantitative estimate of drug-likeness (QED) is 0.489. The van der Waals surface area contributed by atoms with Gasteiger partial charge in [-0.1, -0.05) is 6.07 Å². The molecule has 1 aliphatic heterocycles. The molecule has 9 nitrogen and oxygen atoms in total. The molecule has 1 aromatic carbocycles. The van der Waals surface area contributed by atoms with Crippen LogP contribution in [-0.2, 0) is 20.9 Å². The Labute approximate surface area is 151 Å². The summed E-state index contributed by atoms with van der Waals surface area (Å²) in [6, 6.07) is 4.24. The molecule has 1 aromatic rings. The number of ether oxygens (including phenoxy) is 4. The lowest BCUT2D eigenvalue weighted by Crippen LogP contribution is -2.64. The van der Waals surface area contributed by atoms with Crippen molar-refractivity contribution in [1.29, 1.82) is 0 Å². The van der Waals surface area contributed by atoms with Gasteiger partial charge >= 0.3 is 0 Å². The van der Waals surface area contributed by atoms with Gasteiger partial charge in [0.25, 0.3) is 0 Å². The molecule has 1 heterocycles. The number of hydrogen-bond donors (Lipinski definition) is 4. The second-order valence-electron chi connectivity index (χ2n) is 5.93. The summed E-state index contributed by atoms with van der Waals surface area (Å²) in [6.45, 7) is 0.867. The van der Waals surface area contributed by atoms with Crippen molar-refractivity contribution in [3.05, 3.63) is 23.8 Å². The van der Waals surface area contributed by atoms with Gasteiger partial charge in [0.05, 0.1) is 27.4 Å². The van der Waals surface area contributed by atoms with E-state index in [-0.39, 0.29) is 6.61 Å². The van der Waals surface area contributed by atoms with Gasteiger partial charge in [-0.25, -0.2) is 0 Å². The van der Waals surface area contributed by atoms with Crippen LogP contribution in [0.1, 0.15) is 12.5 Å². The molecule has 2 rings (SSSR count). The molecular weight excluding hydrogens is 346 g/mol. The van der Waals surface area contributed by atoms with E-state index in [2.05, 4.69) is 5.32 Å². The Balaban J connectivity index is 2.12. The van der Waals surface area contributed by atoms with Crippen molar-refractivity contribution in [1.82, 2.24) is 5.32 Å². The number of amides is 1. The van der Waals surface area contributed by atoms with Gasteiger partial charge in [0.1, 0.15) is 24.4 Å². The fraction of sp³-hybridized carbons (Fsp3) is 0.588. The van der Waals surface area contributed by atoms with Crippen LogP contribution in [0.5, 0.6) is 11.5 Å². The standard InChI is InChI=1S/C17H25NO8/c1-9(20)18-14-16(22)15(21)13(7-19)26-17(14)25-8-10-4-5-11(23-2)12(6-10)24-3/h4-6,13-17,19,21-22H,7-8H2,1-3H3,(H,18,20)/t13-,14-,15+,16-,17+/m0/s1. The van der Waals surface area contributed by atoms with E-state index in [9.17, 15) is 20.1 Å². The molecule has 1 fully saturated rings. The molecule has 0 unspecified atom stereocenters. The van der Waals surface area contributed by atoms with Crippen molar-refractivity contribution in [2.45, 2.75) is 44.2 Å². The van der Waals surface area contributed by atoms with Crippen LogP contribution in [0.15, 0.2) is 18.2 Å². The average Bonchev–Trinajstić information content (AvgIpc) is 2.64. The third kappa shape index (κ3) is 4.63. The maximum atomic E-state index is 11.4. The number of carbonyl (C=O) groups is 1. The van der Waals surface area contributed by atoms with Crippen LogP contribution in [0.2, 0.25) is 0 Å². The smallest absolute Gasteiger partial charge is 0.217 e. The van der Waals surface area contributed by atoms with Crippen LogP contribution in [0.4, 0.5) is 0 Å². The highest BCUT2D eigenvalue weighted by atomic mass is 16.7. The zero-order valence-electron chi connectivity index (χ0n) is 14.9. The maximum absolute atomic E-state index is 11.4. The molecule has 26 heavy (non-hydrogen) atoms. The monoisotopic (exact) mass is 371 g/mol. The Hall–Kier alpha value is -1.91. The lowest BCUT2D eigenvalue weighted by Gasteiger charge is -2.42. The Morgan fingerprint density at radius 1 is 1.19 bits per heavy atom. The number of methoxy groups -OCH3 is 2. The highest BCUT2D eigenvalue weighted by molar-refractivity contribution is 5.73. The summed E-state index contributed by atoms with van der Waals surface area (Å²) in [6.07, 6.45) is -4.77. The summed E-state index contributed by atoms with van der Waals surface area (Å²) in [5.74, 6) is 0.687. The zero-order valence-corrected chi connectivity index (χ0v) is 14.9. The van der Waals surface area contributed by atoms with Crippen LogP contribution >= 0.6 is 0 Å². The van der Waals surface area contributed by atoms with Crippen molar-refractivity contribution in [3.63, 3.8) is 0 Å². The minimum Gasteiger partial charge on any atom is -0.493 e. The van der Waals surface area contributed by atoms with Crippen LogP contribution in [0.3, 0.4) is 0 Å². The van der Waals surface area contributed by atoms with Gasteiger partial charge in [-0.05, 0) is 17.7 Å². The Morgan fingerprint density at radius 3 is 2.46 bits per heavy atom. The van der Waals surface area contributed by atoms with Crippen molar-refractivity contribution < 1.29 is 39.1 Å². The van der Waals surface area contributed by atoms with Crippen molar-refractivity contribution >= 4 is 5.91 Å². The summed E-state index contributed by atoms with van der Waals surface area (Å²) < 4.78 is 21.6. The van der Waals surface area contributed by atoms with Gasteiger partial charge < -0.3 is 39.6 Å². The van der Waals surface area contributed by atoms with Crippen LogP contribution in [-0.4, -0.2) is 72.7 Å². The van der Waals surface area contributed by atoms with Crippen LogP contribution in [0, 0.1) is 0 Å². The molecule has 4 N–H and O–H groups in total. The van der Waals surface area contributed by atoms with E-state index in [0.29, 0.717) is 11.5 Å². The molecule has 1 saturated heterocycles. The molecule has 0 bridgehead atoms. The number of benzene rings is 1. The Kier molecular flexibility index (Phi) is 7.18. The number of rotatable bonds is 7. The summed E-state index contributed by atoms with van der Waals surface area (Å²) in [5, 5.41) is 32.0. The van der Waals surface area contributed by atoms with E-state index >= 15 is 0 Å². The fourth-order valence-corrected chi connectivity index (χ4v) is 2.76. The Bertz CT molecular complexity index is 610. The first-order chi connectivity index (χ1) is 12.4. The molecule has 0 spiro atoms. The summed E-state index contributed by atoms with van der Waals surface area (Å²) in [4.78, 5) is 11.4. The van der Waals surface area contributed by atoms with Crippen molar-refractivity contribution in [2.24, 2.45) is 0 Å². The predicted octanol–water partition coefficient (Wildman–Crippen LogP) is -0.836. The van der Waals surface area contributed by atoms with E-state index in [1.807, 2.05) is 0 Å². The Morgan fingerprint density at radius 2 is 1.88 bits per heavy atom. The van der Waals surface area contributed by atoms with Gasteiger partial charge in [-0.15, -0.1) is 0 Å². The van der Waals surface area contributed by atoms with Crippen LogP contribution < -0.4 is 14.8 Å². The molecule has 1 amide bonds. The van der Waals surface area contributed by atoms with Crippen LogP contribution in [0.25, 0.3) is 0 Å².